The summed E-state index contributed by atoms with van der Waals surface area (Å²) in [5.41, 5.74) is 4.60. The monoisotopic (exact) mass is 267 g/mol. The molecule has 1 aromatic carbocycles. The fourth-order valence-electron chi connectivity index (χ4n) is 2.72. The molecule has 1 aliphatic rings. The van der Waals surface area contributed by atoms with Crippen LogP contribution < -0.4 is 5.32 Å². The number of hydrogen-bond acceptors (Lipinski definition) is 3. The van der Waals surface area contributed by atoms with Gasteiger partial charge in [-0.3, -0.25) is 14.7 Å². The van der Waals surface area contributed by atoms with Gasteiger partial charge in [-0.2, -0.15) is 0 Å². The Hall–Kier alpha value is -2.20. The lowest BCUT2D eigenvalue weighted by Crippen LogP contribution is -2.30. The van der Waals surface area contributed by atoms with Gasteiger partial charge < -0.3 is 5.32 Å². The van der Waals surface area contributed by atoms with E-state index in [0.29, 0.717) is 6.41 Å². The van der Waals surface area contributed by atoms with Crippen molar-refractivity contribution in [2.45, 2.75) is 19.5 Å². The van der Waals surface area contributed by atoms with Gasteiger partial charge in [0.2, 0.25) is 6.41 Å². The topological polar surface area (TPSA) is 45.2 Å². The number of hydrogen-bond donors (Lipinski definition) is 1. The number of fused-ring (bicyclic) bond motifs is 1. The Labute approximate surface area is 118 Å². The minimum Gasteiger partial charge on any atom is -0.327 e. The third-order valence-corrected chi connectivity index (χ3v) is 3.68. The molecule has 0 atom stereocenters. The van der Waals surface area contributed by atoms with Crippen LogP contribution in [0, 0.1) is 0 Å². The van der Waals surface area contributed by atoms with Crippen molar-refractivity contribution >= 4 is 12.1 Å². The van der Waals surface area contributed by atoms with E-state index in [4.69, 9.17) is 0 Å². The van der Waals surface area contributed by atoms with Crippen molar-refractivity contribution in [2.75, 3.05) is 11.9 Å². The predicted molar refractivity (Wildman–Crippen MR) is 78.2 cm³/mol. The van der Waals surface area contributed by atoms with Crippen molar-refractivity contribution in [3.8, 4) is 0 Å². The van der Waals surface area contributed by atoms with Crippen LogP contribution >= 0.6 is 0 Å². The smallest absolute Gasteiger partial charge is 0.211 e. The number of anilines is 1. The van der Waals surface area contributed by atoms with Gasteiger partial charge in [0.1, 0.15) is 0 Å². The molecular weight excluding hydrogens is 250 g/mol. The van der Waals surface area contributed by atoms with Crippen molar-refractivity contribution in [3.63, 3.8) is 0 Å². The summed E-state index contributed by atoms with van der Waals surface area (Å²) in [7, 11) is 0. The van der Waals surface area contributed by atoms with E-state index in [1.165, 1.54) is 16.7 Å². The molecule has 2 heterocycles. The van der Waals surface area contributed by atoms with Crippen LogP contribution in [0.25, 0.3) is 0 Å². The highest BCUT2D eigenvalue weighted by molar-refractivity contribution is 5.73. The molecule has 2 aromatic rings. The maximum Gasteiger partial charge on any atom is 0.211 e. The number of rotatable bonds is 4. The van der Waals surface area contributed by atoms with Gasteiger partial charge in [0, 0.05) is 25.8 Å². The molecule has 0 bridgehead atoms. The molecule has 4 nitrogen and oxygen atoms in total. The minimum absolute atomic E-state index is 0.716. The average molecular weight is 267 g/mol. The summed E-state index contributed by atoms with van der Waals surface area (Å²) in [4.78, 5) is 17.2. The Morgan fingerprint density at radius 2 is 2.10 bits per heavy atom. The first-order chi connectivity index (χ1) is 9.86. The van der Waals surface area contributed by atoms with Crippen molar-refractivity contribution < 1.29 is 4.79 Å². The third kappa shape index (κ3) is 2.70. The van der Waals surface area contributed by atoms with Crippen molar-refractivity contribution in [2.24, 2.45) is 0 Å². The highest BCUT2D eigenvalue weighted by Crippen LogP contribution is 2.25. The van der Waals surface area contributed by atoms with E-state index in [-0.39, 0.29) is 0 Å². The molecule has 1 aromatic heterocycles. The highest BCUT2D eigenvalue weighted by Gasteiger charge is 2.19. The number of carbonyl (C=O) groups excluding carboxylic acids is 1. The normalized spacial score (nSPS) is 14.6. The second-order valence-electron chi connectivity index (χ2n) is 5.03. The maximum absolute atomic E-state index is 10.6. The summed E-state index contributed by atoms with van der Waals surface area (Å²) < 4.78 is 0. The van der Waals surface area contributed by atoms with Crippen molar-refractivity contribution in [3.05, 3.63) is 59.4 Å². The first kappa shape index (κ1) is 12.8. The van der Waals surface area contributed by atoms with E-state index in [9.17, 15) is 4.79 Å². The Bertz CT molecular complexity index is 598. The quantitative estimate of drug-likeness (QED) is 0.864. The first-order valence-electron chi connectivity index (χ1n) is 6.79. The molecule has 102 valence electrons. The van der Waals surface area contributed by atoms with Gasteiger partial charge in [0.25, 0.3) is 0 Å². The van der Waals surface area contributed by atoms with E-state index in [1.807, 2.05) is 12.3 Å². The molecule has 20 heavy (non-hydrogen) atoms. The fraction of sp³-hybridized carbons (Fsp3) is 0.250. The molecule has 0 unspecified atom stereocenters. The molecule has 0 spiro atoms. The summed E-state index contributed by atoms with van der Waals surface area (Å²) >= 11 is 0. The molecule has 0 saturated heterocycles. The van der Waals surface area contributed by atoms with Gasteiger partial charge >= 0.3 is 0 Å². The lowest BCUT2D eigenvalue weighted by Gasteiger charge is -2.29. The average Bonchev–Trinajstić information content (AvgIpc) is 2.49. The van der Waals surface area contributed by atoms with Crippen molar-refractivity contribution in [1.29, 1.82) is 0 Å². The van der Waals surface area contributed by atoms with Crippen LogP contribution in [-0.4, -0.2) is 22.8 Å². The molecular formula is C16H17N3O. The lowest BCUT2D eigenvalue weighted by atomic mass is 10.00. The SMILES string of the molecule is O=CNc1cncc2c1CCN(Cc1ccccc1)C2. The zero-order valence-corrected chi connectivity index (χ0v) is 11.2. The molecule has 0 radical (unpaired) electrons. The zero-order chi connectivity index (χ0) is 13.8. The van der Waals surface area contributed by atoms with E-state index in [2.05, 4.69) is 39.5 Å². The lowest BCUT2D eigenvalue weighted by molar-refractivity contribution is -0.105. The van der Waals surface area contributed by atoms with E-state index < -0.39 is 0 Å². The molecule has 1 N–H and O–H groups in total. The fourth-order valence-corrected chi connectivity index (χ4v) is 2.72. The summed E-state index contributed by atoms with van der Waals surface area (Å²) in [6.45, 7) is 2.83. The Balaban J connectivity index is 1.75. The van der Waals surface area contributed by atoms with E-state index in [1.54, 1.807) is 6.20 Å². The van der Waals surface area contributed by atoms with Crippen LogP contribution in [0.2, 0.25) is 0 Å². The molecule has 3 rings (SSSR count). The summed E-state index contributed by atoms with van der Waals surface area (Å²) in [5.74, 6) is 0. The van der Waals surface area contributed by atoms with Gasteiger partial charge in [-0.25, -0.2) is 0 Å². The minimum atomic E-state index is 0.716. The van der Waals surface area contributed by atoms with Gasteiger partial charge in [-0.1, -0.05) is 30.3 Å². The number of amides is 1. The standard InChI is InChI=1S/C16H17N3O/c20-12-18-16-9-17-8-14-11-19(7-6-15(14)16)10-13-4-2-1-3-5-13/h1-5,8-9,12H,6-7,10-11H2,(H,18,20). The first-order valence-corrected chi connectivity index (χ1v) is 6.79. The van der Waals surface area contributed by atoms with E-state index >= 15 is 0 Å². The molecule has 1 amide bonds. The summed E-state index contributed by atoms with van der Waals surface area (Å²) in [6.07, 6.45) is 5.29. The number of nitrogens with one attached hydrogen (secondary N) is 1. The third-order valence-electron chi connectivity index (χ3n) is 3.68. The van der Waals surface area contributed by atoms with Crippen LogP contribution in [0.15, 0.2) is 42.7 Å². The van der Waals surface area contributed by atoms with Gasteiger partial charge in [-0.05, 0) is 23.1 Å². The van der Waals surface area contributed by atoms with Crippen LogP contribution in [0.1, 0.15) is 16.7 Å². The van der Waals surface area contributed by atoms with Crippen LogP contribution in [0.4, 0.5) is 5.69 Å². The van der Waals surface area contributed by atoms with Gasteiger partial charge in [0.05, 0.1) is 11.9 Å². The number of aromatic nitrogens is 1. The van der Waals surface area contributed by atoms with E-state index in [0.717, 1.165) is 31.7 Å². The molecule has 0 aliphatic carbocycles. The Morgan fingerprint density at radius 1 is 1.25 bits per heavy atom. The van der Waals surface area contributed by atoms with Crippen LogP contribution in [0.3, 0.4) is 0 Å². The number of pyridine rings is 1. The van der Waals surface area contributed by atoms with Crippen LogP contribution in [-0.2, 0) is 24.3 Å². The second-order valence-corrected chi connectivity index (χ2v) is 5.03. The number of nitrogens with zero attached hydrogens (tertiary/aromatic N) is 2. The second kappa shape index (κ2) is 5.84. The zero-order valence-electron chi connectivity index (χ0n) is 11.2. The summed E-state index contributed by atoms with van der Waals surface area (Å²) in [6, 6.07) is 10.5. The number of benzene rings is 1. The van der Waals surface area contributed by atoms with Gasteiger partial charge in [-0.15, -0.1) is 0 Å². The largest absolute Gasteiger partial charge is 0.327 e. The van der Waals surface area contributed by atoms with Gasteiger partial charge in [0.15, 0.2) is 0 Å². The predicted octanol–water partition coefficient (Wildman–Crippen LogP) is 2.21. The molecule has 0 fully saturated rings. The maximum atomic E-state index is 10.6. The molecule has 4 heteroatoms. The summed E-state index contributed by atoms with van der Waals surface area (Å²) in [5, 5.41) is 2.74. The Kier molecular flexibility index (Phi) is 3.74. The Morgan fingerprint density at radius 3 is 2.90 bits per heavy atom. The van der Waals surface area contributed by atoms with Crippen molar-refractivity contribution in [1.82, 2.24) is 9.88 Å². The highest BCUT2D eigenvalue weighted by atomic mass is 16.1. The molecule has 0 saturated carbocycles. The van der Waals surface area contributed by atoms with Crippen LogP contribution in [0.5, 0.6) is 0 Å². The number of carbonyl (C=O) groups is 1. The molecule has 1 aliphatic heterocycles.